The van der Waals surface area contributed by atoms with E-state index in [1.54, 1.807) is 6.92 Å². The summed E-state index contributed by atoms with van der Waals surface area (Å²) in [6.07, 6.45) is -0.515. The predicted octanol–water partition coefficient (Wildman–Crippen LogP) is -0.260. The van der Waals surface area contributed by atoms with E-state index < -0.39 is 6.29 Å². The largest absolute Gasteiger partial charge is 0.376 e. The normalized spacial score (nSPS) is 24.8. The van der Waals surface area contributed by atoms with Crippen molar-refractivity contribution < 1.29 is 14.6 Å². The third-order valence-electron chi connectivity index (χ3n) is 0.997. The first-order valence-corrected chi connectivity index (χ1v) is 2.70. The quantitative estimate of drug-likeness (QED) is 0.508. The molecule has 1 atom stereocenters. The van der Waals surface area contributed by atoms with Crippen molar-refractivity contribution >= 4 is 0 Å². The molecule has 0 amide bonds. The zero-order valence-electron chi connectivity index (χ0n) is 4.83. The Kier molecular flexibility index (Phi) is 1.83. The van der Waals surface area contributed by atoms with Gasteiger partial charge in [-0.25, -0.2) is 0 Å². The van der Waals surface area contributed by atoms with Crippen LogP contribution in [0.15, 0.2) is 0 Å². The molecule has 0 bridgehead atoms. The molecule has 1 aliphatic heterocycles. The van der Waals surface area contributed by atoms with Gasteiger partial charge in [0.25, 0.3) is 0 Å². The highest BCUT2D eigenvalue weighted by atomic mass is 16.6. The first-order chi connectivity index (χ1) is 3.79. The van der Waals surface area contributed by atoms with Crippen molar-refractivity contribution in [1.29, 1.82) is 0 Å². The van der Waals surface area contributed by atoms with E-state index in [-0.39, 0.29) is 6.10 Å². The zero-order valence-corrected chi connectivity index (χ0v) is 4.83. The summed E-state index contributed by atoms with van der Waals surface area (Å²) in [4.78, 5) is 0. The molecule has 1 N–H and O–H groups in total. The molecule has 3 heteroatoms. The van der Waals surface area contributed by atoms with Gasteiger partial charge >= 0.3 is 0 Å². The SMILES string of the molecule is CC(O)OC1COC1. The minimum Gasteiger partial charge on any atom is -0.376 e. The fourth-order valence-corrected chi connectivity index (χ4v) is 0.571. The van der Waals surface area contributed by atoms with E-state index in [0.29, 0.717) is 13.2 Å². The monoisotopic (exact) mass is 118 g/mol. The van der Waals surface area contributed by atoms with E-state index >= 15 is 0 Å². The van der Waals surface area contributed by atoms with Crippen LogP contribution in [0.2, 0.25) is 0 Å². The number of aliphatic hydroxyl groups is 1. The van der Waals surface area contributed by atoms with E-state index in [2.05, 4.69) is 0 Å². The lowest BCUT2D eigenvalue weighted by Crippen LogP contribution is -2.38. The molecule has 3 nitrogen and oxygen atoms in total. The topological polar surface area (TPSA) is 38.7 Å². The van der Waals surface area contributed by atoms with Crippen LogP contribution in [0.1, 0.15) is 6.92 Å². The second kappa shape index (κ2) is 2.44. The Morgan fingerprint density at radius 3 is 2.50 bits per heavy atom. The van der Waals surface area contributed by atoms with E-state index in [0.717, 1.165) is 0 Å². The highest BCUT2D eigenvalue weighted by Gasteiger charge is 2.19. The first-order valence-electron chi connectivity index (χ1n) is 2.70. The molecule has 0 saturated carbocycles. The molecule has 1 saturated heterocycles. The number of hydrogen-bond donors (Lipinski definition) is 1. The van der Waals surface area contributed by atoms with Gasteiger partial charge in [-0.1, -0.05) is 0 Å². The van der Waals surface area contributed by atoms with E-state index in [1.165, 1.54) is 0 Å². The Labute approximate surface area is 48.2 Å². The lowest BCUT2D eigenvalue weighted by molar-refractivity contribution is -0.203. The molecule has 48 valence electrons. The summed E-state index contributed by atoms with van der Waals surface area (Å²) in [5, 5.41) is 8.61. The third kappa shape index (κ3) is 1.43. The van der Waals surface area contributed by atoms with Crippen LogP contribution in [0.5, 0.6) is 0 Å². The molecule has 0 radical (unpaired) electrons. The van der Waals surface area contributed by atoms with Crippen molar-refractivity contribution in [3.05, 3.63) is 0 Å². The lowest BCUT2D eigenvalue weighted by Gasteiger charge is -2.26. The van der Waals surface area contributed by atoms with Gasteiger partial charge in [0, 0.05) is 0 Å². The molecule has 0 aromatic carbocycles. The summed E-state index contributed by atoms with van der Waals surface area (Å²) in [7, 11) is 0. The van der Waals surface area contributed by atoms with E-state index in [1.807, 2.05) is 0 Å². The van der Waals surface area contributed by atoms with Crippen molar-refractivity contribution in [2.45, 2.75) is 19.3 Å². The lowest BCUT2D eigenvalue weighted by atomic mass is 10.3. The molecule has 0 aromatic rings. The van der Waals surface area contributed by atoms with Crippen molar-refractivity contribution in [3.8, 4) is 0 Å². The predicted molar refractivity (Wildman–Crippen MR) is 27.4 cm³/mol. The minimum absolute atomic E-state index is 0.134. The Bertz CT molecular complexity index is 68.1. The minimum atomic E-state index is -0.649. The van der Waals surface area contributed by atoms with Crippen molar-refractivity contribution in [1.82, 2.24) is 0 Å². The van der Waals surface area contributed by atoms with Crippen LogP contribution < -0.4 is 0 Å². The van der Waals surface area contributed by atoms with Gasteiger partial charge in [0.15, 0.2) is 6.29 Å². The van der Waals surface area contributed by atoms with Crippen LogP contribution in [-0.2, 0) is 9.47 Å². The molecule has 1 rings (SSSR count). The number of aliphatic hydroxyl groups excluding tert-OH is 1. The summed E-state index contributed by atoms with van der Waals surface area (Å²) in [6, 6.07) is 0. The second-order valence-corrected chi connectivity index (χ2v) is 1.89. The molecule has 1 fully saturated rings. The fraction of sp³-hybridized carbons (Fsp3) is 1.00. The van der Waals surface area contributed by atoms with Crippen LogP contribution in [0.3, 0.4) is 0 Å². The second-order valence-electron chi connectivity index (χ2n) is 1.89. The van der Waals surface area contributed by atoms with Crippen LogP contribution in [0.4, 0.5) is 0 Å². The van der Waals surface area contributed by atoms with Gasteiger partial charge in [-0.2, -0.15) is 0 Å². The maximum Gasteiger partial charge on any atom is 0.152 e. The first kappa shape index (κ1) is 6.01. The van der Waals surface area contributed by atoms with Gasteiger partial charge < -0.3 is 14.6 Å². The van der Waals surface area contributed by atoms with E-state index in [4.69, 9.17) is 14.6 Å². The molecule has 0 aliphatic carbocycles. The van der Waals surface area contributed by atoms with Crippen LogP contribution in [0, 0.1) is 0 Å². The highest BCUT2D eigenvalue weighted by Crippen LogP contribution is 2.06. The van der Waals surface area contributed by atoms with Crippen LogP contribution in [-0.4, -0.2) is 30.7 Å². The van der Waals surface area contributed by atoms with Crippen molar-refractivity contribution in [2.24, 2.45) is 0 Å². The van der Waals surface area contributed by atoms with Gasteiger partial charge in [0.2, 0.25) is 0 Å². The van der Waals surface area contributed by atoms with Gasteiger partial charge in [0.1, 0.15) is 6.10 Å². The van der Waals surface area contributed by atoms with Crippen LogP contribution >= 0.6 is 0 Å². The Morgan fingerprint density at radius 2 is 2.38 bits per heavy atom. The third-order valence-corrected chi connectivity index (χ3v) is 0.997. The molecule has 0 spiro atoms. The Balaban J connectivity index is 2.01. The fourth-order valence-electron chi connectivity index (χ4n) is 0.571. The summed E-state index contributed by atoms with van der Waals surface area (Å²) in [5.41, 5.74) is 0. The summed E-state index contributed by atoms with van der Waals surface area (Å²) < 4.78 is 9.72. The summed E-state index contributed by atoms with van der Waals surface area (Å²) in [5.74, 6) is 0. The van der Waals surface area contributed by atoms with Gasteiger partial charge in [-0.15, -0.1) is 0 Å². The molecule has 1 aliphatic rings. The van der Waals surface area contributed by atoms with Crippen molar-refractivity contribution in [2.75, 3.05) is 13.2 Å². The maximum atomic E-state index is 8.61. The zero-order chi connectivity index (χ0) is 5.98. The number of rotatable bonds is 2. The molecule has 8 heavy (non-hydrogen) atoms. The molecular formula is C5H10O3. The number of ether oxygens (including phenoxy) is 2. The summed E-state index contributed by atoms with van der Waals surface area (Å²) in [6.45, 7) is 2.86. The number of hydrogen-bond acceptors (Lipinski definition) is 3. The van der Waals surface area contributed by atoms with Gasteiger partial charge in [-0.05, 0) is 6.92 Å². The average Bonchev–Trinajstić information content (AvgIpc) is 1.55. The standard InChI is InChI=1S/C5H10O3/c1-4(6)8-5-2-7-3-5/h4-6H,2-3H2,1H3. The summed E-state index contributed by atoms with van der Waals surface area (Å²) >= 11 is 0. The molecular weight excluding hydrogens is 108 g/mol. The Hall–Kier alpha value is -0.120. The molecule has 1 unspecified atom stereocenters. The highest BCUT2D eigenvalue weighted by molar-refractivity contribution is 4.63. The molecule has 0 aromatic heterocycles. The van der Waals surface area contributed by atoms with Gasteiger partial charge in [0.05, 0.1) is 13.2 Å². The Morgan fingerprint density at radius 1 is 1.75 bits per heavy atom. The molecule has 1 heterocycles. The van der Waals surface area contributed by atoms with Gasteiger partial charge in [-0.3, -0.25) is 0 Å². The van der Waals surface area contributed by atoms with Crippen LogP contribution in [0.25, 0.3) is 0 Å². The smallest absolute Gasteiger partial charge is 0.152 e. The average molecular weight is 118 g/mol. The maximum absolute atomic E-state index is 8.61. The van der Waals surface area contributed by atoms with Crippen molar-refractivity contribution in [3.63, 3.8) is 0 Å². The van der Waals surface area contributed by atoms with E-state index in [9.17, 15) is 0 Å².